The number of aromatic nitrogens is 3. The summed E-state index contributed by atoms with van der Waals surface area (Å²) in [5, 5.41) is 10.1. The molecule has 2 aromatic rings. The number of carbonyl (C=O) groups excluding carboxylic acids is 1. The van der Waals surface area contributed by atoms with Gasteiger partial charge in [-0.25, -0.2) is 14.8 Å². The van der Waals surface area contributed by atoms with E-state index in [9.17, 15) is 14.7 Å². The van der Waals surface area contributed by atoms with E-state index < -0.39 is 5.97 Å². The molecule has 118 valence electrons. The van der Waals surface area contributed by atoms with E-state index in [1.807, 2.05) is 4.57 Å². The zero-order valence-corrected chi connectivity index (χ0v) is 12.8. The van der Waals surface area contributed by atoms with Gasteiger partial charge in [-0.15, -0.1) is 0 Å². The van der Waals surface area contributed by atoms with Crippen molar-refractivity contribution in [2.75, 3.05) is 14.1 Å². The zero-order chi connectivity index (χ0) is 16.1. The van der Waals surface area contributed by atoms with E-state index in [0.29, 0.717) is 5.69 Å². The molecule has 1 saturated carbocycles. The summed E-state index contributed by atoms with van der Waals surface area (Å²) in [6.07, 6.45) is 8.28. The molecule has 3 rings (SSSR count). The van der Waals surface area contributed by atoms with Gasteiger partial charge in [-0.1, -0.05) is 12.8 Å². The lowest BCUT2D eigenvalue weighted by Crippen LogP contribution is -2.13. The Bertz CT molecular complexity index is 660. The monoisotopic (exact) mass is 304 g/mol. The maximum atomic E-state index is 11.3. The molecule has 0 bridgehead atoms. The average molecular weight is 304 g/mol. The third kappa shape index (κ3) is 3.41. The molecule has 7 nitrogen and oxygen atoms in total. The summed E-state index contributed by atoms with van der Waals surface area (Å²) in [5.74, 6) is -0.894. The molecule has 1 N–H and O–H groups in total. The van der Waals surface area contributed by atoms with Crippen molar-refractivity contribution in [3.63, 3.8) is 0 Å². The second kappa shape index (κ2) is 7.02. The van der Waals surface area contributed by atoms with Gasteiger partial charge >= 0.3 is 5.97 Å². The standard InChI is InChI=1S/C12H13N3O2.C3H7NO/c16-12(17)10-5-8-6-13-7-14-11(8)15(10)9-3-1-2-4-9;1-4(2)3-5/h5-7,9H,1-4H2,(H,16,17);3H,1-2H3. The second-order valence-corrected chi connectivity index (χ2v) is 5.51. The Morgan fingerprint density at radius 1 is 1.41 bits per heavy atom. The van der Waals surface area contributed by atoms with Crippen LogP contribution in [0.1, 0.15) is 42.2 Å². The maximum Gasteiger partial charge on any atom is 0.352 e. The summed E-state index contributed by atoms with van der Waals surface area (Å²) in [6, 6.07) is 1.93. The fourth-order valence-corrected chi connectivity index (χ4v) is 2.66. The Hall–Kier alpha value is -2.44. The summed E-state index contributed by atoms with van der Waals surface area (Å²) in [6.45, 7) is 0. The smallest absolute Gasteiger partial charge is 0.352 e. The van der Waals surface area contributed by atoms with Crippen LogP contribution in [-0.4, -0.2) is 51.0 Å². The Kier molecular flexibility index (Phi) is 5.08. The van der Waals surface area contributed by atoms with E-state index in [2.05, 4.69) is 9.97 Å². The highest BCUT2D eigenvalue weighted by Crippen LogP contribution is 2.33. The van der Waals surface area contributed by atoms with Gasteiger partial charge in [0.25, 0.3) is 0 Å². The molecule has 1 amide bonds. The number of carboxylic acid groups (broad SMARTS) is 1. The number of carboxylic acids is 1. The molecular formula is C15H20N4O3. The van der Waals surface area contributed by atoms with Crippen molar-refractivity contribution in [2.45, 2.75) is 31.7 Å². The first kappa shape index (κ1) is 15.9. The number of aromatic carboxylic acids is 1. The lowest BCUT2D eigenvalue weighted by Gasteiger charge is -2.14. The summed E-state index contributed by atoms with van der Waals surface area (Å²) >= 11 is 0. The van der Waals surface area contributed by atoms with Crippen molar-refractivity contribution in [2.24, 2.45) is 0 Å². The minimum atomic E-state index is -0.894. The highest BCUT2D eigenvalue weighted by Gasteiger charge is 2.24. The molecular weight excluding hydrogens is 284 g/mol. The lowest BCUT2D eigenvalue weighted by molar-refractivity contribution is -0.115. The molecule has 0 saturated heterocycles. The molecule has 1 aliphatic rings. The number of fused-ring (bicyclic) bond motifs is 1. The Balaban J connectivity index is 0.000000309. The molecule has 0 atom stereocenters. The van der Waals surface area contributed by atoms with Crippen LogP contribution in [0.15, 0.2) is 18.6 Å². The van der Waals surface area contributed by atoms with Crippen molar-refractivity contribution in [1.82, 2.24) is 19.4 Å². The van der Waals surface area contributed by atoms with Crippen LogP contribution in [-0.2, 0) is 4.79 Å². The van der Waals surface area contributed by atoms with E-state index >= 15 is 0 Å². The zero-order valence-electron chi connectivity index (χ0n) is 12.8. The molecule has 7 heteroatoms. The van der Waals surface area contributed by atoms with Gasteiger partial charge < -0.3 is 14.6 Å². The molecule has 2 aromatic heterocycles. The molecule has 0 radical (unpaired) electrons. The van der Waals surface area contributed by atoms with Crippen molar-refractivity contribution in [3.8, 4) is 0 Å². The topological polar surface area (TPSA) is 88.3 Å². The van der Waals surface area contributed by atoms with Crippen LogP contribution >= 0.6 is 0 Å². The normalized spacial score (nSPS) is 14.5. The number of hydrogen-bond donors (Lipinski definition) is 1. The quantitative estimate of drug-likeness (QED) is 0.876. The predicted molar refractivity (Wildman–Crippen MR) is 81.7 cm³/mol. The van der Waals surface area contributed by atoms with E-state index in [1.165, 1.54) is 11.2 Å². The summed E-state index contributed by atoms with van der Waals surface area (Å²) in [5.41, 5.74) is 1.07. The molecule has 0 spiro atoms. The fourth-order valence-electron chi connectivity index (χ4n) is 2.66. The minimum Gasteiger partial charge on any atom is -0.477 e. The van der Waals surface area contributed by atoms with Crippen LogP contribution in [0.4, 0.5) is 0 Å². The molecule has 0 unspecified atom stereocenters. The summed E-state index contributed by atoms with van der Waals surface area (Å²) < 4.78 is 1.87. The maximum absolute atomic E-state index is 11.3. The number of carbonyl (C=O) groups is 2. The minimum absolute atomic E-state index is 0.272. The highest BCUT2D eigenvalue weighted by molar-refractivity contribution is 5.93. The van der Waals surface area contributed by atoms with Gasteiger partial charge in [-0.05, 0) is 18.9 Å². The summed E-state index contributed by atoms with van der Waals surface area (Å²) in [7, 11) is 3.38. The number of amides is 1. The van der Waals surface area contributed by atoms with Crippen LogP contribution in [0.5, 0.6) is 0 Å². The van der Waals surface area contributed by atoms with E-state index in [-0.39, 0.29) is 6.04 Å². The second-order valence-electron chi connectivity index (χ2n) is 5.51. The van der Waals surface area contributed by atoms with E-state index in [1.54, 1.807) is 26.4 Å². The van der Waals surface area contributed by atoms with Crippen molar-refractivity contribution < 1.29 is 14.7 Å². The van der Waals surface area contributed by atoms with Crippen molar-refractivity contribution in [3.05, 3.63) is 24.3 Å². The largest absolute Gasteiger partial charge is 0.477 e. The van der Waals surface area contributed by atoms with E-state index in [0.717, 1.165) is 43.1 Å². The Labute approximate surface area is 128 Å². The molecule has 22 heavy (non-hydrogen) atoms. The van der Waals surface area contributed by atoms with Gasteiger partial charge in [0.1, 0.15) is 17.7 Å². The average Bonchev–Trinajstić information content (AvgIpc) is 3.14. The van der Waals surface area contributed by atoms with Gasteiger partial charge in [0.05, 0.1) is 0 Å². The number of rotatable bonds is 3. The first-order valence-corrected chi connectivity index (χ1v) is 7.20. The van der Waals surface area contributed by atoms with Gasteiger partial charge in [0, 0.05) is 31.7 Å². The van der Waals surface area contributed by atoms with Gasteiger partial charge in [0.2, 0.25) is 6.41 Å². The Morgan fingerprint density at radius 3 is 2.59 bits per heavy atom. The molecule has 1 fully saturated rings. The van der Waals surface area contributed by atoms with Crippen LogP contribution in [0.2, 0.25) is 0 Å². The number of nitrogens with zero attached hydrogens (tertiary/aromatic N) is 4. The van der Waals surface area contributed by atoms with Crippen molar-refractivity contribution >= 4 is 23.4 Å². The third-order valence-electron chi connectivity index (χ3n) is 3.62. The van der Waals surface area contributed by atoms with Gasteiger partial charge in [0.15, 0.2) is 0 Å². The van der Waals surface area contributed by atoms with Crippen LogP contribution < -0.4 is 0 Å². The van der Waals surface area contributed by atoms with Crippen molar-refractivity contribution in [1.29, 1.82) is 0 Å². The highest BCUT2D eigenvalue weighted by atomic mass is 16.4. The third-order valence-corrected chi connectivity index (χ3v) is 3.62. The predicted octanol–water partition coefficient (Wildman–Crippen LogP) is 1.95. The van der Waals surface area contributed by atoms with Crippen LogP contribution in [0.3, 0.4) is 0 Å². The first-order valence-electron chi connectivity index (χ1n) is 7.20. The molecule has 1 aliphatic carbocycles. The van der Waals surface area contributed by atoms with Crippen LogP contribution in [0, 0.1) is 0 Å². The number of hydrogen-bond acceptors (Lipinski definition) is 4. The van der Waals surface area contributed by atoms with Crippen LogP contribution in [0.25, 0.3) is 11.0 Å². The fraction of sp³-hybridized carbons (Fsp3) is 0.467. The lowest BCUT2D eigenvalue weighted by atomic mass is 10.2. The van der Waals surface area contributed by atoms with Gasteiger partial charge in [-0.3, -0.25) is 4.79 Å². The SMILES string of the molecule is CN(C)C=O.O=C(O)c1cc2cncnc2n1C1CCCC1. The van der Waals surface area contributed by atoms with Gasteiger partial charge in [-0.2, -0.15) is 0 Å². The molecule has 0 aromatic carbocycles. The summed E-state index contributed by atoms with van der Waals surface area (Å²) in [4.78, 5) is 30.3. The first-order chi connectivity index (χ1) is 10.5. The molecule has 2 heterocycles. The molecule has 0 aliphatic heterocycles. The Morgan fingerprint density at radius 2 is 2.05 bits per heavy atom. The van der Waals surface area contributed by atoms with E-state index in [4.69, 9.17) is 0 Å².